The first-order valence-electron chi connectivity index (χ1n) is 9.26. The Morgan fingerprint density at radius 2 is 2.12 bits per heavy atom. The third-order valence-electron chi connectivity index (χ3n) is 5.11. The zero-order chi connectivity index (χ0) is 18.5. The van der Waals surface area contributed by atoms with Crippen molar-refractivity contribution in [2.24, 2.45) is 0 Å². The molecule has 5 nitrogen and oxygen atoms in total. The number of hydrogen-bond acceptors (Lipinski definition) is 4. The van der Waals surface area contributed by atoms with E-state index in [0.717, 1.165) is 39.1 Å². The van der Waals surface area contributed by atoms with Crippen molar-refractivity contribution in [2.45, 2.75) is 25.5 Å². The maximum Gasteiger partial charge on any atom is 0.236 e. The fourth-order valence-corrected chi connectivity index (χ4v) is 3.82. The van der Waals surface area contributed by atoms with E-state index in [4.69, 9.17) is 16.3 Å². The number of rotatable bonds is 6. The van der Waals surface area contributed by atoms with Crippen LogP contribution in [0.4, 0.5) is 4.39 Å². The molecule has 144 valence electrons. The molecular formula is C19H27ClFN3O2. The van der Waals surface area contributed by atoms with Crippen LogP contribution in [0, 0.1) is 5.82 Å². The normalized spacial score (nSPS) is 21.5. The molecule has 26 heavy (non-hydrogen) atoms. The number of nitrogens with zero attached hydrogens (tertiary/aromatic N) is 3. The van der Waals surface area contributed by atoms with Gasteiger partial charge in [-0.15, -0.1) is 0 Å². The van der Waals surface area contributed by atoms with E-state index in [1.54, 1.807) is 12.1 Å². The Morgan fingerprint density at radius 1 is 1.35 bits per heavy atom. The lowest BCUT2D eigenvalue weighted by Gasteiger charge is -2.35. The van der Waals surface area contributed by atoms with Crippen molar-refractivity contribution < 1.29 is 13.9 Å². The average Bonchev–Trinajstić information content (AvgIpc) is 3.11. The van der Waals surface area contributed by atoms with Crippen LogP contribution in [-0.4, -0.2) is 79.6 Å². The van der Waals surface area contributed by atoms with E-state index in [-0.39, 0.29) is 17.8 Å². The van der Waals surface area contributed by atoms with Crippen molar-refractivity contribution in [2.75, 3.05) is 52.9 Å². The third kappa shape index (κ3) is 5.16. The average molecular weight is 384 g/mol. The molecule has 2 saturated heterocycles. The van der Waals surface area contributed by atoms with E-state index in [0.29, 0.717) is 36.8 Å². The zero-order valence-electron chi connectivity index (χ0n) is 15.3. The number of piperazine rings is 1. The fraction of sp³-hybridized carbons (Fsp3) is 0.632. The molecule has 1 amide bonds. The largest absolute Gasteiger partial charge is 0.377 e. The molecule has 0 N–H and O–H groups in total. The van der Waals surface area contributed by atoms with Gasteiger partial charge in [-0.2, -0.15) is 0 Å². The summed E-state index contributed by atoms with van der Waals surface area (Å²) in [6.45, 7) is 5.32. The minimum absolute atomic E-state index is 0.147. The number of hydrogen-bond donors (Lipinski definition) is 0. The zero-order valence-corrected chi connectivity index (χ0v) is 16.1. The monoisotopic (exact) mass is 383 g/mol. The predicted octanol–water partition coefficient (Wildman–Crippen LogP) is 2.23. The van der Waals surface area contributed by atoms with E-state index in [2.05, 4.69) is 4.90 Å². The third-order valence-corrected chi connectivity index (χ3v) is 5.47. The molecule has 2 aliphatic heterocycles. The van der Waals surface area contributed by atoms with Crippen molar-refractivity contribution in [3.8, 4) is 0 Å². The topological polar surface area (TPSA) is 36.0 Å². The van der Waals surface area contributed by atoms with Crippen molar-refractivity contribution in [3.05, 3.63) is 34.6 Å². The van der Waals surface area contributed by atoms with Gasteiger partial charge in [0.2, 0.25) is 5.91 Å². The highest BCUT2D eigenvalue weighted by Crippen LogP contribution is 2.21. The first kappa shape index (κ1) is 19.5. The smallest absolute Gasteiger partial charge is 0.236 e. The molecule has 3 rings (SSSR count). The number of carbonyl (C=O) groups excluding carboxylic acids is 1. The standard InChI is InChI=1S/C19H27ClFN3O2/c1-22(12-15-4-3-11-26-15)14-19(25)24-9-7-23(8-10-24)13-16-17(20)5-2-6-18(16)21/h2,5-6,15H,3-4,7-14H2,1H3. The van der Waals surface area contributed by atoms with Gasteiger partial charge in [0.1, 0.15) is 5.82 Å². The van der Waals surface area contributed by atoms with Gasteiger partial charge in [0.25, 0.3) is 0 Å². The molecule has 1 aromatic rings. The number of amides is 1. The first-order valence-corrected chi connectivity index (χ1v) is 9.64. The molecule has 1 unspecified atom stereocenters. The Labute approximate surface area is 159 Å². The van der Waals surface area contributed by atoms with Gasteiger partial charge in [-0.1, -0.05) is 17.7 Å². The molecule has 1 atom stereocenters. The minimum atomic E-state index is -0.272. The Balaban J connectivity index is 1.43. The lowest BCUT2D eigenvalue weighted by molar-refractivity contribution is -0.134. The van der Waals surface area contributed by atoms with Gasteiger partial charge in [-0.05, 0) is 32.0 Å². The van der Waals surface area contributed by atoms with Gasteiger partial charge in [-0.3, -0.25) is 14.6 Å². The Bertz CT molecular complexity index is 597. The van der Waals surface area contributed by atoms with Crippen LogP contribution in [0.3, 0.4) is 0 Å². The van der Waals surface area contributed by atoms with Crippen molar-refractivity contribution >= 4 is 17.5 Å². The van der Waals surface area contributed by atoms with Crippen LogP contribution >= 0.6 is 11.6 Å². The van der Waals surface area contributed by atoms with Crippen LogP contribution < -0.4 is 0 Å². The predicted molar refractivity (Wildman–Crippen MR) is 99.7 cm³/mol. The number of likely N-dealkylation sites (N-methyl/N-ethyl adjacent to an activating group) is 1. The van der Waals surface area contributed by atoms with Crippen LogP contribution in [0.5, 0.6) is 0 Å². The summed E-state index contributed by atoms with van der Waals surface area (Å²) >= 11 is 6.11. The lowest BCUT2D eigenvalue weighted by Crippen LogP contribution is -2.51. The maximum absolute atomic E-state index is 13.9. The van der Waals surface area contributed by atoms with Gasteiger partial charge in [0, 0.05) is 56.5 Å². The molecule has 0 spiro atoms. The van der Waals surface area contributed by atoms with Crippen molar-refractivity contribution in [1.82, 2.24) is 14.7 Å². The second-order valence-corrected chi connectivity index (χ2v) is 7.60. The highest BCUT2D eigenvalue weighted by Gasteiger charge is 2.24. The molecular weight excluding hydrogens is 357 g/mol. The molecule has 2 aliphatic rings. The summed E-state index contributed by atoms with van der Waals surface area (Å²) < 4.78 is 19.6. The first-order chi connectivity index (χ1) is 12.5. The SMILES string of the molecule is CN(CC(=O)N1CCN(Cc2c(F)cccc2Cl)CC1)CC1CCCO1. The Kier molecular flexibility index (Phi) is 6.86. The molecule has 7 heteroatoms. The number of ether oxygens (including phenoxy) is 1. The molecule has 0 bridgehead atoms. The summed E-state index contributed by atoms with van der Waals surface area (Å²) in [6.07, 6.45) is 2.45. The number of halogens is 2. The second kappa shape index (κ2) is 9.13. The van der Waals surface area contributed by atoms with E-state index in [1.807, 2.05) is 16.8 Å². The summed E-state index contributed by atoms with van der Waals surface area (Å²) in [4.78, 5) is 18.6. The van der Waals surface area contributed by atoms with E-state index in [9.17, 15) is 9.18 Å². The quantitative estimate of drug-likeness (QED) is 0.754. The molecule has 0 radical (unpaired) electrons. The molecule has 0 saturated carbocycles. The van der Waals surface area contributed by atoms with Gasteiger partial charge in [0.05, 0.1) is 12.6 Å². The number of carbonyl (C=O) groups is 1. The summed E-state index contributed by atoms with van der Waals surface area (Å²) in [6, 6.07) is 4.76. The van der Waals surface area contributed by atoms with Crippen LogP contribution in [0.15, 0.2) is 18.2 Å². The molecule has 0 aliphatic carbocycles. The molecule has 1 aromatic carbocycles. The van der Waals surface area contributed by atoms with E-state index >= 15 is 0 Å². The Hall–Kier alpha value is -1.21. The second-order valence-electron chi connectivity index (χ2n) is 7.19. The fourth-order valence-electron chi connectivity index (χ4n) is 3.59. The van der Waals surface area contributed by atoms with Crippen molar-refractivity contribution in [1.29, 1.82) is 0 Å². The minimum Gasteiger partial charge on any atom is -0.377 e. The molecule has 2 heterocycles. The molecule has 2 fully saturated rings. The highest BCUT2D eigenvalue weighted by molar-refractivity contribution is 6.31. The van der Waals surface area contributed by atoms with Crippen molar-refractivity contribution in [3.63, 3.8) is 0 Å². The Morgan fingerprint density at radius 3 is 2.77 bits per heavy atom. The van der Waals surface area contributed by atoms with Gasteiger partial charge < -0.3 is 9.64 Å². The van der Waals surface area contributed by atoms with E-state index in [1.165, 1.54) is 6.07 Å². The summed E-state index contributed by atoms with van der Waals surface area (Å²) in [5.41, 5.74) is 0.533. The maximum atomic E-state index is 13.9. The summed E-state index contributed by atoms with van der Waals surface area (Å²) in [5.74, 6) is -0.124. The van der Waals surface area contributed by atoms with Crippen LogP contribution in [0.1, 0.15) is 18.4 Å². The highest BCUT2D eigenvalue weighted by atomic mass is 35.5. The van der Waals surface area contributed by atoms with Gasteiger partial charge in [0.15, 0.2) is 0 Å². The summed E-state index contributed by atoms with van der Waals surface area (Å²) in [7, 11) is 1.97. The van der Waals surface area contributed by atoms with Crippen LogP contribution in [0.25, 0.3) is 0 Å². The van der Waals surface area contributed by atoms with Gasteiger partial charge in [-0.25, -0.2) is 4.39 Å². The molecule has 0 aromatic heterocycles. The lowest BCUT2D eigenvalue weighted by atomic mass is 10.2. The van der Waals surface area contributed by atoms with Crippen LogP contribution in [-0.2, 0) is 16.1 Å². The van der Waals surface area contributed by atoms with Crippen LogP contribution in [0.2, 0.25) is 5.02 Å². The van der Waals surface area contributed by atoms with Gasteiger partial charge >= 0.3 is 0 Å². The summed E-state index contributed by atoms with van der Waals surface area (Å²) in [5, 5.41) is 0.458. The number of benzene rings is 1. The van der Waals surface area contributed by atoms with E-state index < -0.39 is 0 Å².